The van der Waals surface area contributed by atoms with Crippen LogP contribution >= 0.6 is 0 Å². The number of hydrogen-bond acceptors (Lipinski definition) is 7. The van der Waals surface area contributed by atoms with E-state index in [9.17, 15) is 4.79 Å². The zero-order valence-electron chi connectivity index (χ0n) is 16.2. The smallest absolute Gasteiger partial charge is 0.229 e. The topological polar surface area (TPSA) is 94.6 Å². The number of rotatable bonds is 9. The Kier molecular flexibility index (Phi) is 6.83. The molecule has 150 valence electrons. The number of para-hydroxylation sites is 1. The minimum Gasteiger partial charge on any atom is -0.497 e. The Morgan fingerprint density at radius 1 is 0.897 bits per heavy atom. The summed E-state index contributed by atoms with van der Waals surface area (Å²) in [5, 5.41) is 13.9. The van der Waals surface area contributed by atoms with Gasteiger partial charge in [-0.05, 0) is 36.4 Å². The summed E-state index contributed by atoms with van der Waals surface area (Å²) in [4.78, 5) is 12.0. The molecule has 2 aromatic carbocycles. The Hall–Kier alpha value is -3.81. The average molecular weight is 394 g/mol. The minimum absolute atomic E-state index is 0.201. The Bertz CT molecular complexity index is 933. The normalized spacial score (nSPS) is 10.1. The van der Waals surface area contributed by atoms with Crippen molar-refractivity contribution in [2.75, 3.05) is 31.5 Å². The maximum Gasteiger partial charge on any atom is 0.229 e. The van der Waals surface area contributed by atoms with Gasteiger partial charge in [0.15, 0.2) is 11.6 Å². The van der Waals surface area contributed by atoms with Crippen LogP contribution in [0.4, 0.5) is 17.3 Å². The molecular formula is C21H22N4O4. The van der Waals surface area contributed by atoms with Crippen molar-refractivity contribution in [2.45, 2.75) is 6.42 Å². The number of ether oxygens (including phenoxy) is 3. The molecule has 0 radical (unpaired) electrons. The maximum atomic E-state index is 12.0. The summed E-state index contributed by atoms with van der Waals surface area (Å²) in [5.41, 5.74) is 0.720. The van der Waals surface area contributed by atoms with Gasteiger partial charge in [-0.25, -0.2) is 0 Å². The van der Waals surface area contributed by atoms with Gasteiger partial charge in [0.05, 0.1) is 32.9 Å². The molecule has 0 spiro atoms. The summed E-state index contributed by atoms with van der Waals surface area (Å²) in [5.74, 6) is 2.70. The average Bonchev–Trinajstić information content (AvgIpc) is 2.76. The van der Waals surface area contributed by atoms with Crippen molar-refractivity contribution in [2.24, 2.45) is 0 Å². The van der Waals surface area contributed by atoms with Crippen LogP contribution < -0.4 is 24.8 Å². The fourth-order valence-electron chi connectivity index (χ4n) is 2.49. The second kappa shape index (κ2) is 9.93. The molecule has 0 saturated heterocycles. The van der Waals surface area contributed by atoms with Crippen LogP contribution in [0.2, 0.25) is 0 Å². The lowest BCUT2D eigenvalue weighted by Gasteiger charge is -2.12. The van der Waals surface area contributed by atoms with E-state index in [0.717, 1.165) is 11.4 Å². The van der Waals surface area contributed by atoms with E-state index in [1.54, 1.807) is 32.4 Å². The number of aromatic nitrogens is 2. The first-order chi connectivity index (χ1) is 14.2. The maximum absolute atomic E-state index is 12.0. The van der Waals surface area contributed by atoms with Crippen LogP contribution in [0.25, 0.3) is 0 Å². The van der Waals surface area contributed by atoms with E-state index < -0.39 is 0 Å². The number of carbonyl (C=O) groups is 1. The Morgan fingerprint density at radius 2 is 1.66 bits per heavy atom. The van der Waals surface area contributed by atoms with Gasteiger partial charge in [-0.15, -0.1) is 10.2 Å². The highest BCUT2D eigenvalue weighted by Crippen LogP contribution is 2.30. The van der Waals surface area contributed by atoms with Crippen molar-refractivity contribution in [1.82, 2.24) is 10.2 Å². The van der Waals surface area contributed by atoms with Crippen LogP contribution in [-0.4, -0.2) is 36.9 Å². The van der Waals surface area contributed by atoms with Crippen molar-refractivity contribution in [3.8, 4) is 17.2 Å². The first-order valence-corrected chi connectivity index (χ1v) is 8.98. The summed E-state index contributed by atoms with van der Waals surface area (Å²) in [7, 11) is 3.17. The van der Waals surface area contributed by atoms with Gasteiger partial charge in [0, 0.05) is 6.07 Å². The molecule has 1 heterocycles. The van der Waals surface area contributed by atoms with Gasteiger partial charge in [0.2, 0.25) is 5.91 Å². The molecule has 8 nitrogen and oxygen atoms in total. The van der Waals surface area contributed by atoms with Crippen LogP contribution in [0.5, 0.6) is 17.2 Å². The zero-order chi connectivity index (χ0) is 20.5. The van der Waals surface area contributed by atoms with Crippen LogP contribution in [0.1, 0.15) is 6.42 Å². The molecule has 1 aromatic heterocycles. The number of hydrogen-bond donors (Lipinski definition) is 2. The monoisotopic (exact) mass is 394 g/mol. The van der Waals surface area contributed by atoms with Crippen LogP contribution in [0.3, 0.4) is 0 Å². The van der Waals surface area contributed by atoms with Crippen molar-refractivity contribution in [1.29, 1.82) is 0 Å². The second-order valence-electron chi connectivity index (χ2n) is 5.95. The van der Waals surface area contributed by atoms with Crippen LogP contribution in [0, 0.1) is 0 Å². The summed E-state index contributed by atoms with van der Waals surface area (Å²) in [6.45, 7) is 0.278. The lowest BCUT2D eigenvalue weighted by Crippen LogP contribution is -2.16. The number of benzene rings is 2. The highest BCUT2D eigenvalue weighted by molar-refractivity contribution is 5.89. The molecule has 0 aliphatic heterocycles. The van der Waals surface area contributed by atoms with Crippen molar-refractivity contribution >= 4 is 23.2 Å². The van der Waals surface area contributed by atoms with Crippen molar-refractivity contribution in [3.63, 3.8) is 0 Å². The van der Waals surface area contributed by atoms with E-state index in [1.807, 2.05) is 42.5 Å². The fraction of sp³-hybridized carbons (Fsp3) is 0.190. The highest BCUT2D eigenvalue weighted by atomic mass is 16.5. The molecule has 2 N–H and O–H groups in total. The molecular weight excluding hydrogens is 372 g/mol. The zero-order valence-corrected chi connectivity index (χ0v) is 16.2. The molecule has 3 rings (SSSR count). The van der Waals surface area contributed by atoms with E-state index in [4.69, 9.17) is 14.2 Å². The molecule has 3 aromatic rings. The molecule has 0 aliphatic rings. The van der Waals surface area contributed by atoms with Gasteiger partial charge in [-0.2, -0.15) is 0 Å². The van der Waals surface area contributed by atoms with Gasteiger partial charge >= 0.3 is 0 Å². The second-order valence-corrected chi connectivity index (χ2v) is 5.95. The molecule has 0 aliphatic carbocycles. The Morgan fingerprint density at radius 3 is 2.34 bits per heavy atom. The molecule has 0 unspecified atom stereocenters. The Labute approximate surface area is 168 Å². The van der Waals surface area contributed by atoms with Crippen LogP contribution in [-0.2, 0) is 4.79 Å². The lowest BCUT2D eigenvalue weighted by atomic mass is 10.2. The van der Waals surface area contributed by atoms with E-state index in [-0.39, 0.29) is 18.9 Å². The SMILES string of the molecule is COc1ccc(Nc2ccc(NC(=O)CCOc3ccccc3)nn2)c(OC)c1. The molecule has 0 fully saturated rings. The van der Waals surface area contributed by atoms with Gasteiger partial charge in [0.25, 0.3) is 0 Å². The first kappa shape index (κ1) is 19.9. The minimum atomic E-state index is -0.201. The van der Waals surface area contributed by atoms with Gasteiger partial charge in [-0.3, -0.25) is 4.79 Å². The number of anilines is 3. The molecule has 29 heavy (non-hydrogen) atoms. The predicted octanol–water partition coefficient (Wildman–Crippen LogP) is 3.65. The molecule has 0 atom stereocenters. The number of carbonyl (C=O) groups excluding carboxylic acids is 1. The van der Waals surface area contributed by atoms with Gasteiger partial charge in [-0.1, -0.05) is 18.2 Å². The van der Waals surface area contributed by atoms with Gasteiger partial charge in [0.1, 0.15) is 17.2 Å². The molecule has 8 heteroatoms. The summed E-state index contributed by atoms with van der Waals surface area (Å²) >= 11 is 0. The summed E-state index contributed by atoms with van der Waals surface area (Å²) in [6.07, 6.45) is 0.208. The number of amides is 1. The summed E-state index contributed by atoms with van der Waals surface area (Å²) < 4.78 is 16.0. The highest BCUT2D eigenvalue weighted by Gasteiger charge is 2.08. The van der Waals surface area contributed by atoms with E-state index in [0.29, 0.717) is 23.1 Å². The van der Waals surface area contributed by atoms with E-state index in [2.05, 4.69) is 20.8 Å². The predicted molar refractivity (Wildman–Crippen MR) is 110 cm³/mol. The number of nitrogens with one attached hydrogen (secondary N) is 2. The summed E-state index contributed by atoms with van der Waals surface area (Å²) in [6, 6.07) is 18.1. The first-order valence-electron chi connectivity index (χ1n) is 8.98. The van der Waals surface area contributed by atoms with Crippen LogP contribution in [0.15, 0.2) is 60.7 Å². The molecule has 0 saturated carbocycles. The van der Waals surface area contributed by atoms with Crippen molar-refractivity contribution in [3.05, 3.63) is 60.7 Å². The van der Waals surface area contributed by atoms with E-state index in [1.165, 1.54) is 0 Å². The fourth-order valence-corrected chi connectivity index (χ4v) is 2.49. The molecule has 1 amide bonds. The Balaban J connectivity index is 1.51. The van der Waals surface area contributed by atoms with Crippen molar-refractivity contribution < 1.29 is 19.0 Å². The third-order valence-corrected chi connectivity index (χ3v) is 3.94. The van der Waals surface area contributed by atoms with Gasteiger partial charge < -0.3 is 24.8 Å². The third-order valence-electron chi connectivity index (χ3n) is 3.94. The third kappa shape index (κ3) is 5.83. The standard InChI is InChI=1S/C21H22N4O4/c1-27-16-8-9-17(18(14-16)28-2)22-19-10-11-20(25-24-19)23-21(26)12-13-29-15-6-4-3-5-7-15/h3-11,14H,12-13H2,1-2H3,(H,22,24)(H,23,25,26). The number of methoxy groups -OCH3 is 2. The quantitative estimate of drug-likeness (QED) is 0.572. The number of nitrogens with zero attached hydrogens (tertiary/aromatic N) is 2. The largest absolute Gasteiger partial charge is 0.497 e. The lowest BCUT2D eigenvalue weighted by molar-refractivity contribution is -0.116. The molecule has 0 bridgehead atoms. The van der Waals surface area contributed by atoms with E-state index >= 15 is 0 Å².